The van der Waals surface area contributed by atoms with Gasteiger partial charge < -0.3 is 8.83 Å². The van der Waals surface area contributed by atoms with Gasteiger partial charge in [-0.25, -0.2) is 0 Å². The molecule has 3 nitrogen and oxygen atoms in total. The summed E-state index contributed by atoms with van der Waals surface area (Å²) in [5.74, 6) is 1.51. The van der Waals surface area contributed by atoms with Crippen LogP contribution in [0.15, 0.2) is 75.6 Å². The van der Waals surface area contributed by atoms with Gasteiger partial charge in [-0.3, -0.25) is 4.79 Å². The number of carbonyl (C=O) groups is 1. The van der Waals surface area contributed by atoms with E-state index in [2.05, 4.69) is 0 Å². The molecule has 0 saturated carbocycles. The summed E-state index contributed by atoms with van der Waals surface area (Å²) in [4.78, 5) is 12.4. The Bertz CT molecular complexity index is 1250. The molecule has 4 aromatic rings. The van der Waals surface area contributed by atoms with Crippen LogP contribution in [0.4, 0.5) is 0 Å². The van der Waals surface area contributed by atoms with E-state index < -0.39 is 0 Å². The molecule has 0 aliphatic heterocycles. The van der Waals surface area contributed by atoms with Gasteiger partial charge in [0.1, 0.15) is 17.3 Å². The molecular formula is C23H12Cl4O3. The first kappa shape index (κ1) is 20.8. The number of hydrogen-bond acceptors (Lipinski definition) is 3. The molecule has 0 saturated heterocycles. The summed E-state index contributed by atoms with van der Waals surface area (Å²) in [5.41, 5.74) is 1.47. The predicted molar refractivity (Wildman–Crippen MR) is 122 cm³/mol. The monoisotopic (exact) mass is 476 g/mol. The lowest BCUT2D eigenvalue weighted by Crippen LogP contribution is -1.90. The average molecular weight is 478 g/mol. The number of halogens is 4. The average Bonchev–Trinajstić information content (AvgIpc) is 3.37. The Balaban J connectivity index is 1.50. The minimum absolute atomic E-state index is 0.195. The number of furan rings is 2. The third-order valence-corrected chi connectivity index (χ3v) is 5.40. The maximum atomic E-state index is 12.4. The molecule has 0 bridgehead atoms. The highest BCUT2D eigenvalue weighted by atomic mass is 35.5. The highest BCUT2D eigenvalue weighted by Crippen LogP contribution is 2.31. The second kappa shape index (κ2) is 8.75. The number of rotatable bonds is 5. The molecule has 2 aromatic carbocycles. The van der Waals surface area contributed by atoms with E-state index in [-0.39, 0.29) is 11.5 Å². The molecule has 2 heterocycles. The first-order chi connectivity index (χ1) is 14.4. The van der Waals surface area contributed by atoms with Crippen LogP contribution in [0.1, 0.15) is 16.3 Å². The van der Waals surface area contributed by atoms with Crippen molar-refractivity contribution in [2.45, 2.75) is 0 Å². The van der Waals surface area contributed by atoms with Crippen LogP contribution in [0.25, 0.3) is 28.7 Å². The van der Waals surface area contributed by atoms with Crippen LogP contribution in [0.3, 0.4) is 0 Å². The molecule has 150 valence electrons. The molecule has 0 aliphatic carbocycles. The molecule has 4 rings (SSSR count). The molecule has 0 aliphatic rings. The molecule has 0 fully saturated rings. The van der Waals surface area contributed by atoms with Crippen molar-refractivity contribution in [2.24, 2.45) is 0 Å². The van der Waals surface area contributed by atoms with E-state index in [0.29, 0.717) is 37.4 Å². The molecule has 0 radical (unpaired) electrons. The summed E-state index contributed by atoms with van der Waals surface area (Å²) in [5, 5.41) is 1.88. The first-order valence-electron chi connectivity index (χ1n) is 8.73. The fraction of sp³-hybridized carbons (Fsp3) is 0. The zero-order chi connectivity index (χ0) is 21.3. The summed E-state index contributed by atoms with van der Waals surface area (Å²) in [6, 6.07) is 17.1. The fourth-order valence-corrected chi connectivity index (χ4v) is 3.63. The van der Waals surface area contributed by atoms with Gasteiger partial charge in [0, 0.05) is 21.2 Å². The minimum Gasteiger partial charge on any atom is -0.457 e. The zero-order valence-corrected chi connectivity index (χ0v) is 18.2. The fourth-order valence-electron chi connectivity index (χ4n) is 2.81. The van der Waals surface area contributed by atoms with E-state index in [4.69, 9.17) is 55.2 Å². The molecule has 0 N–H and O–H groups in total. The minimum atomic E-state index is -0.301. The van der Waals surface area contributed by atoms with E-state index in [0.717, 1.165) is 11.1 Å². The number of carbonyl (C=O) groups excluding carboxylic acids is 1. The maximum absolute atomic E-state index is 12.4. The summed E-state index contributed by atoms with van der Waals surface area (Å²) in [6.07, 6.45) is 2.95. The highest BCUT2D eigenvalue weighted by Gasteiger charge is 2.12. The molecule has 0 unspecified atom stereocenters. The Labute approximate surface area is 192 Å². The van der Waals surface area contributed by atoms with E-state index in [1.807, 2.05) is 0 Å². The van der Waals surface area contributed by atoms with Crippen molar-refractivity contribution in [1.82, 2.24) is 0 Å². The van der Waals surface area contributed by atoms with Crippen LogP contribution in [0, 0.1) is 0 Å². The van der Waals surface area contributed by atoms with Gasteiger partial charge in [-0.1, -0.05) is 46.4 Å². The number of hydrogen-bond donors (Lipinski definition) is 0. The van der Waals surface area contributed by atoms with Crippen molar-refractivity contribution in [1.29, 1.82) is 0 Å². The number of allylic oxidation sites excluding steroid dienone is 1. The van der Waals surface area contributed by atoms with E-state index >= 15 is 0 Å². The van der Waals surface area contributed by atoms with Crippen molar-refractivity contribution in [3.05, 3.63) is 98.4 Å². The largest absolute Gasteiger partial charge is 0.457 e. The molecular weight excluding hydrogens is 466 g/mol. The molecule has 0 amide bonds. The normalized spacial score (nSPS) is 11.3. The molecule has 30 heavy (non-hydrogen) atoms. The second-order valence-corrected chi connectivity index (χ2v) is 8.04. The lowest BCUT2D eigenvalue weighted by molar-refractivity contribution is 0.102. The SMILES string of the molecule is O=C(/C=C/c1ccc(-c2cc(Cl)cc(Cl)c2)o1)c1ccc(-c2ccc(Cl)c(Cl)c2)o1. The standard InChI is InChI=1S/C23H12Cl4O3/c24-15-9-14(10-16(25)12-15)22-6-3-17(29-22)2-5-20(28)23-8-7-21(30-23)13-1-4-18(26)19(27)11-13/h1-12H/b5-2+. The highest BCUT2D eigenvalue weighted by molar-refractivity contribution is 6.42. The van der Waals surface area contributed by atoms with Gasteiger partial charge in [0.15, 0.2) is 5.76 Å². The van der Waals surface area contributed by atoms with Gasteiger partial charge in [-0.15, -0.1) is 0 Å². The molecule has 0 spiro atoms. The van der Waals surface area contributed by atoms with Gasteiger partial charge in [0.2, 0.25) is 5.78 Å². The van der Waals surface area contributed by atoms with Crippen LogP contribution in [-0.2, 0) is 0 Å². The molecule has 2 aromatic heterocycles. The molecule has 7 heteroatoms. The quantitative estimate of drug-likeness (QED) is 0.213. The van der Waals surface area contributed by atoms with Gasteiger partial charge in [-0.05, 0) is 72.8 Å². The molecule has 0 atom stereocenters. The number of ketones is 1. The Morgan fingerprint density at radius 1 is 0.700 bits per heavy atom. The van der Waals surface area contributed by atoms with E-state index in [1.165, 1.54) is 6.08 Å². The van der Waals surface area contributed by atoms with Crippen LogP contribution in [0.2, 0.25) is 20.1 Å². The maximum Gasteiger partial charge on any atom is 0.221 e. The summed E-state index contributed by atoms with van der Waals surface area (Å²) in [7, 11) is 0. The smallest absolute Gasteiger partial charge is 0.221 e. The third kappa shape index (κ3) is 4.66. The van der Waals surface area contributed by atoms with Crippen LogP contribution in [0.5, 0.6) is 0 Å². The zero-order valence-electron chi connectivity index (χ0n) is 15.2. The Morgan fingerprint density at radius 3 is 2.13 bits per heavy atom. The van der Waals surface area contributed by atoms with Gasteiger partial charge in [0.25, 0.3) is 0 Å². The van der Waals surface area contributed by atoms with Crippen LogP contribution >= 0.6 is 46.4 Å². The van der Waals surface area contributed by atoms with Crippen molar-refractivity contribution in [3.8, 4) is 22.6 Å². The van der Waals surface area contributed by atoms with E-state index in [9.17, 15) is 4.79 Å². The second-order valence-electron chi connectivity index (χ2n) is 6.35. The van der Waals surface area contributed by atoms with Gasteiger partial charge >= 0.3 is 0 Å². The van der Waals surface area contributed by atoms with Crippen molar-refractivity contribution in [3.63, 3.8) is 0 Å². The van der Waals surface area contributed by atoms with E-state index in [1.54, 1.807) is 66.7 Å². The lowest BCUT2D eigenvalue weighted by Gasteiger charge is -1.99. The summed E-state index contributed by atoms with van der Waals surface area (Å²) < 4.78 is 11.4. The summed E-state index contributed by atoms with van der Waals surface area (Å²) >= 11 is 24.0. The Hall–Kier alpha value is -2.43. The van der Waals surface area contributed by atoms with Crippen LogP contribution < -0.4 is 0 Å². The van der Waals surface area contributed by atoms with Crippen molar-refractivity contribution in [2.75, 3.05) is 0 Å². The van der Waals surface area contributed by atoms with Gasteiger partial charge in [-0.2, -0.15) is 0 Å². The number of benzene rings is 2. The lowest BCUT2D eigenvalue weighted by atomic mass is 10.2. The van der Waals surface area contributed by atoms with Crippen LogP contribution in [-0.4, -0.2) is 5.78 Å². The Kier molecular flexibility index (Phi) is 6.07. The van der Waals surface area contributed by atoms with Crippen molar-refractivity contribution < 1.29 is 13.6 Å². The van der Waals surface area contributed by atoms with Gasteiger partial charge in [0.05, 0.1) is 10.0 Å². The topological polar surface area (TPSA) is 43.4 Å². The summed E-state index contributed by atoms with van der Waals surface area (Å²) in [6.45, 7) is 0. The third-order valence-electron chi connectivity index (χ3n) is 4.23. The van der Waals surface area contributed by atoms with Crippen molar-refractivity contribution >= 4 is 58.3 Å². The first-order valence-corrected chi connectivity index (χ1v) is 10.2. The Morgan fingerprint density at radius 2 is 1.40 bits per heavy atom. The predicted octanol–water partition coefficient (Wildman–Crippen LogP) is 8.72.